The minimum absolute atomic E-state index is 0.0430. The highest BCUT2D eigenvalue weighted by Crippen LogP contribution is 2.35. The molecule has 0 radical (unpaired) electrons. The summed E-state index contributed by atoms with van der Waals surface area (Å²) in [6.45, 7) is 6.11. The van der Waals surface area contributed by atoms with E-state index >= 15 is 0 Å². The van der Waals surface area contributed by atoms with E-state index in [-0.39, 0.29) is 11.2 Å². The lowest BCUT2D eigenvalue weighted by molar-refractivity contribution is -0.112. The van der Waals surface area contributed by atoms with Gasteiger partial charge in [-0.1, -0.05) is 38.4 Å². The van der Waals surface area contributed by atoms with Crippen molar-refractivity contribution in [2.75, 3.05) is 0 Å². The summed E-state index contributed by atoms with van der Waals surface area (Å²) in [5, 5.41) is 11.5. The normalized spacial score (nSPS) is 16.9. The van der Waals surface area contributed by atoms with E-state index in [4.69, 9.17) is 11.6 Å². The summed E-state index contributed by atoms with van der Waals surface area (Å²) in [7, 11) is 0. The highest BCUT2D eigenvalue weighted by molar-refractivity contribution is 7.11. The van der Waals surface area contributed by atoms with Crippen LogP contribution in [0.15, 0.2) is 81.4 Å². The Kier molecular flexibility index (Phi) is 5.35. The number of allylic oxidation sites excluding steroid dienone is 5. The summed E-state index contributed by atoms with van der Waals surface area (Å²) >= 11 is 7.51. The Bertz CT molecular complexity index is 927. The number of carbonyl (C=O) groups excluding carboxylic acids is 1. The Morgan fingerprint density at radius 3 is 2.42 bits per heavy atom. The first kappa shape index (κ1) is 18.5. The van der Waals surface area contributed by atoms with Gasteiger partial charge in [-0.2, -0.15) is 5.11 Å². The predicted molar refractivity (Wildman–Crippen MR) is 109 cm³/mol. The number of benzene rings is 1. The van der Waals surface area contributed by atoms with Crippen molar-refractivity contribution in [1.82, 2.24) is 0 Å². The molecule has 1 aromatic heterocycles. The average Bonchev–Trinajstić information content (AvgIpc) is 3.11. The van der Waals surface area contributed by atoms with Crippen LogP contribution in [0.4, 0.5) is 5.69 Å². The van der Waals surface area contributed by atoms with Gasteiger partial charge in [-0.15, -0.1) is 16.5 Å². The van der Waals surface area contributed by atoms with Gasteiger partial charge in [0, 0.05) is 16.2 Å². The molecule has 26 heavy (non-hydrogen) atoms. The third-order valence-corrected chi connectivity index (χ3v) is 5.04. The minimum Gasteiger partial charge on any atom is -0.290 e. The molecule has 132 valence electrons. The summed E-state index contributed by atoms with van der Waals surface area (Å²) in [4.78, 5) is 13.3. The van der Waals surface area contributed by atoms with Gasteiger partial charge in [0.1, 0.15) is 5.70 Å². The smallest absolute Gasteiger partial charge is 0.182 e. The molecular weight excluding hydrogens is 364 g/mol. The number of hydrogen-bond acceptors (Lipinski definition) is 4. The maximum atomic E-state index is 12.3. The summed E-state index contributed by atoms with van der Waals surface area (Å²) < 4.78 is 0. The Labute approximate surface area is 162 Å². The summed E-state index contributed by atoms with van der Waals surface area (Å²) in [5.41, 5.74) is 2.89. The zero-order valence-corrected chi connectivity index (χ0v) is 16.4. The van der Waals surface area contributed by atoms with Crippen molar-refractivity contribution < 1.29 is 4.79 Å². The van der Waals surface area contributed by atoms with E-state index in [1.165, 1.54) is 0 Å². The van der Waals surface area contributed by atoms with Gasteiger partial charge in [-0.25, -0.2) is 0 Å². The van der Waals surface area contributed by atoms with Gasteiger partial charge in [-0.05, 0) is 59.4 Å². The lowest BCUT2D eigenvalue weighted by Crippen LogP contribution is -2.18. The fourth-order valence-corrected chi connectivity index (χ4v) is 3.40. The highest BCUT2D eigenvalue weighted by atomic mass is 35.5. The van der Waals surface area contributed by atoms with Crippen LogP contribution in [-0.4, -0.2) is 5.78 Å². The predicted octanol–water partition coefficient (Wildman–Crippen LogP) is 7.01. The monoisotopic (exact) mass is 382 g/mol. The first-order chi connectivity index (χ1) is 12.3. The Hall–Kier alpha value is -2.30. The van der Waals surface area contributed by atoms with Crippen molar-refractivity contribution in [3.63, 3.8) is 0 Å². The fourth-order valence-electron chi connectivity index (χ4n) is 2.54. The molecule has 5 heteroatoms. The molecule has 0 fully saturated rings. The number of halogens is 1. The Balaban J connectivity index is 2.08. The van der Waals surface area contributed by atoms with Crippen LogP contribution in [0.3, 0.4) is 0 Å². The lowest BCUT2D eigenvalue weighted by Gasteiger charge is -2.23. The number of azo groups is 1. The van der Waals surface area contributed by atoms with Gasteiger partial charge in [-0.3, -0.25) is 4.79 Å². The van der Waals surface area contributed by atoms with E-state index in [0.717, 1.165) is 27.4 Å². The first-order valence-electron chi connectivity index (χ1n) is 8.24. The third-order valence-electron chi connectivity index (χ3n) is 3.91. The van der Waals surface area contributed by atoms with Gasteiger partial charge < -0.3 is 0 Å². The van der Waals surface area contributed by atoms with E-state index in [2.05, 4.69) is 10.2 Å². The molecule has 1 aromatic carbocycles. The van der Waals surface area contributed by atoms with Crippen LogP contribution in [0, 0.1) is 5.41 Å². The van der Waals surface area contributed by atoms with Crippen molar-refractivity contribution in [3.8, 4) is 0 Å². The maximum absolute atomic E-state index is 12.3. The first-order valence-corrected chi connectivity index (χ1v) is 9.50. The number of thiophene rings is 1. The minimum atomic E-state index is -0.235. The second kappa shape index (κ2) is 7.52. The molecule has 0 saturated carbocycles. The standard InChI is InChI=1S/C21H19ClN2OS/c1-21(2,3)17-13-14(6-11-18(17)25)20(19-5-4-12-26-19)24-23-16-9-7-15(22)8-10-16/h4-13H,1-3H3/b20-14+,24-23?. The van der Waals surface area contributed by atoms with Gasteiger partial charge >= 0.3 is 0 Å². The number of ketones is 1. The number of hydrogen-bond donors (Lipinski definition) is 0. The molecule has 0 saturated heterocycles. The summed E-state index contributed by atoms with van der Waals surface area (Å²) in [6.07, 6.45) is 5.35. The van der Waals surface area contributed by atoms with E-state index in [1.54, 1.807) is 29.5 Å². The van der Waals surface area contributed by atoms with Crippen LogP contribution in [0.2, 0.25) is 5.02 Å². The molecule has 3 rings (SSSR count). The van der Waals surface area contributed by atoms with Crippen molar-refractivity contribution in [2.45, 2.75) is 20.8 Å². The SMILES string of the molecule is CC(C)(C)C1=C/C(=C(/N=Nc2ccc(Cl)cc2)c2cccs2)C=CC1=O. The van der Waals surface area contributed by atoms with E-state index in [0.29, 0.717) is 5.02 Å². The Morgan fingerprint density at radius 1 is 1.08 bits per heavy atom. The lowest BCUT2D eigenvalue weighted by atomic mass is 9.80. The molecule has 1 aliphatic rings. The molecule has 0 unspecified atom stereocenters. The molecule has 0 bridgehead atoms. The van der Waals surface area contributed by atoms with Crippen molar-refractivity contribution in [2.24, 2.45) is 15.6 Å². The zero-order chi connectivity index (χ0) is 18.7. The van der Waals surface area contributed by atoms with E-state index in [1.807, 2.05) is 62.6 Å². The molecule has 0 atom stereocenters. The fraction of sp³-hybridized carbons (Fsp3) is 0.190. The van der Waals surface area contributed by atoms with Crippen LogP contribution in [0.1, 0.15) is 25.6 Å². The molecule has 1 heterocycles. The number of carbonyl (C=O) groups is 1. The molecule has 1 aliphatic carbocycles. The molecular formula is C21H19ClN2OS. The van der Waals surface area contributed by atoms with Gasteiger partial charge in [0.15, 0.2) is 5.78 Å². The van der Waals surface area contributed by atoms with Crippen LogP contribution in [0.25, 0.3) is 5.70 Å². The zero-order valence-electron chi connectivity index (χ0n) is 14.9. The van der Waals surface area contributed by atoms with Gasteiger partial charge in [0.2, 0.25) is 0 Å². The Morgan fingerprint density at radius 2 is 1.81 bits per heavy atom. The molecule has 3 nitrogen and oxygen atoms in total. The molecule has 2 aromatic rings. The quantitative estimate of drug-likeness (QED) is 0.526. The molecule has 0 aliphatic heterocycles. The molecule has 0 spiro atoms. The van der Waals surface area contributed by atoms with Crippen LogP contribution in [0.5, 0.6) is 0 Å². The van der Waals surface area contributed by atoms with Crippen LogP contribution >= 0.6 is 22.9 Å². The third kappa shape index (κ3) is 4.26. The second-order valence-electron chi connectivity index (χ2n) is 6.96. The van der Waals surface area contributed by atoms with Crippen LogP contribution < -0.4 is 0 Å². The van der Waals surface area contributed by atoms with Gasteiger partial charge in [0.05, 0.1) is 10.6 Å². The van der Waals surface area contributed by atoms with E-state index < -0.39 is 0 Å². The average molecular weight is 383 g/mol. The number of rotatable bonds is 3. The maximum Gasteiger partial charge on any atom is 0.182 e. The molecule has 0 N–H and O–H groups in total. The largest absolute Gasteiger partial charge is 0.290 e. The molecule has 0 amide bonds. The van der Waals surface area contributed by atoms with Crippen molar-refractivity contribution in [3.05, 3.63) is 81.1 Å². The second-order valence-corrected chi connectivity index (χ2v) is 8.35. The van der Waals surface area contributed by atoms with Gasteiger partial charge in [0.25, 0.3) is 0 Å². The van der Waals surface area contributed by atoms with Crippen LogP contribution in [-0.2, 0) is 4.79 Å². The van der Waals surface area contributed by atoms with Crippen molar-refractivity contribution >= 4 is 40.1 Å². The van der Waals surface area contributed by atoms with E-state index in [9.17, 15) is 4.79 Å². The topological polar surface area (TPSA) is 41.8 Å². The summed E-state index contributed by atoms with van der Waals surface area (Å²) in [5.74, 6) is 0.0430. The van der Waals surface area contributed by atoms with Crippen molar-refractivity contribution in [1.29, 1.82) is 0 Å². The summed E-state index contributed by atoms with van der Waals surface area (Å²) in [6, 6.07) is 11.2. The number of nitrogens with zero attached hydrogens (tertiary/aromatic N) is 2. The highest BCUT2D eigenvalue weighted by Gasteiger charge is 2.25.